The van der Waals surface area contributed by atoms with Gasteiger partial charge in [-0.15, -0.1) is 11.6 Å². The van der Waals surface area contributed by atoms with Gasteiger partial charge in [-0.25, -0.2) is 0 Å². The third-order valence-corrected chi connectivity index (χ3v) is 1.52. The SMILES string of the molecule is O=C1C=CC(Cl)CC1. The molecule has 0 fully saturated rings. The Morgan fingerprint density at radius 1 is 1.75 bits per heavy atom. The molecule has 1 aliphatic rings. The van der Waals surface area contributed by atoms with Crippen LogP contribution in [0.5, 0.6) is 0 Å². The summed E-state index contributed by atoms with van der Waals surface area (Å²) in [5.41, 5.74) is 0. The van der Waals surface area contributed by atoms with Gasteiger partial charge in [0, 0.05) is 6.42 Å². The number of hydrogen-bond donors (Lipinski definition) is 0. The van der Waals surface area contributed by atoms with Crippen LogP contribution in [0, 0.1) is 0 Å². The van der Waals surface area contributed by atoms with Crippen molar-refractivity contribution in [3.8, 4) is 0 Å². The molecule has 0 aromatic heterocycles. The van der Waals surface area contributed by atoms with E-state index in [9.17, 15) is 4.79 Å². The molecule has 0 amide bonds. The van der Waals surface area contributed by atoms with Gasteiger partial charge in [-0.2, -0.15) is 0 Å². The minimum atomic E-state index is 0.0905. The first-order valence-corrected chi connectivity index (χ1v) is 3.08. The molecule has 2 heteroatoms. The predicted octanol–water partition coefficient (Wildman–Crippen LogP) is 1.51. The molecule has 1 rings (SSSR count). The smallest absolute Gasteiger partial charge is 0.155 e. The first kappa shape index (κ1) is 5.83. The van der Waals surface area contributed by atoms with Crippen LogP contribution in [0.3, 0.4) is 0 Å². The first-order chi connectivity index (χ1) is 3.79. The van der Waals surface area contributed by atoms with Crippen molar-refractivity contribution in [1.29, 1.82) is 0 Å². The summed E-state index contributed by atoms with van der Waals surface area (Å²) in [5.74, 6) is 0.196. The van der Waals surface area contributed by atoms with Crippen LogP contribution in [0.4, 0.5) is 0 Å². The Bertz CT molecular complexity index is 128. The third-order valence-electron chi connectivity index (χ3n) is 1.16. The van der Waals surface area contributed by atoms with E-state index < -0.39 is 0 Å². The van der Waals surface area contributed by atoms with Crippen LogP contribution in [-0.4, -0.2) is 11.2 Å². The Kier molecular flexibility index (Phi) is 1.69. The van der Waals surface area contributed by atoms with E-state index in [1.807, 2.05) is 0 Å². The van der Waals surface area contributed by atoms with Gasteiger partial charge >= 0.3 is 0 Å². The standard InChI is InChI=1S/C6H7ClO/c7-5-1-3-6(8)4-2-5/h1,3,5H,2,4H2. The van der Waals surface area contributed by atoms with E-state index in [1.165, 1.54) is 0 Å². The maximum atomic E-state index is 10.5. The van der Waals surface area contributed by atoms with Crippen molar-refractivity contribution >= 4 is 17.4 Å². The van der Waals surface area contributed by atoms with Gasteiger partial charge in [0.25, 0.3) is 0 Å². The summed E-state index contributed by atoms with van der Waals surface area (Å²) in [6.07, 6.45) is 4.72. The molecule has 1 nitrogen and oxygen atoms in total. The number of hydrogen-bond acceptors (Lipinski definition) is 1. The molecule has 0 aliphatic heterocycles. The highest BCUT2D eigenvalue weighted by Crippen LogP contribution is 2.12. The van der Waals surface area contributed by atoms with E-state index in [0.29, 0.717) is 6.42 Å². The van der Waals surface area contributed by atoms with E-state index in [4.69, 9.17) is 11.6 Å². The maximum Gasteiger partial charge on any atom is 0.155 e. The summed E-state index contributed by atoms with van der Waals surface area (Å²) in [6, 6.07) is 0. The van der Waals surface area contributed by atoms with E-state index in [2.05, 4.69) is 0 Å². The Morgan fingerprint density at radius 3 is 2.88 bits per heavy atom. The third kappa shape index (κ3) is 1.34. The summed E-state index contributed by atoms with van der Waals surface area (Å²) in [6.45, 7) is 0. The molecule has 44 valence electrons. The highest BCUT2D eigenvalue weighted by molar-refractivity contribution is 6.22. The van der Waals surface area contributed by atoms with Gasteiger partial charge in [-0.05, 0) is 12.5 Å². The Morgan fingerprint density at radius 2 is 2.50 bits per heavy atom. The van der Waals surface area contributed by atoms with Crippen molar-refractivity contribution in [2.24, 2.45) is 0 Å². The van der Waals surface area contributed by atoms with Crippen molar-refractivity contribution in [3.05, 3.63) is 12.2 Å². The lowest BCUT2D eigenvalue weighted by Crippen LogP contribution is -2.05. The zero-order valence-electron chi connectivity index (χ0n) is 4.43. The van der Waals surface area contributed by atoms with Crippen molar-refractivity contribution in [2.75, 3.05) is 0 Å². The number of carbonyl (C=O) groups excluding carboxylic acids is 1. The molecule has 1 aliphatic carbocycles. The van der Waals surface area contributed by atoms with Crippen LogP contribution in [0.1, 0.15) is 12.8 Å². The largest absolute Gasteiger partial charge is 0.295 e. The second kappa shape index (κ2) is 2.31. The lowest BCUT2D eigenvalue weighted by Gasteiger charge is -2.05. The highest BCUT2D eigenvalue weighted by Gasteiger charge is 2.08. The molecule has 0 spiro atoms. The molecule has 0 radical (unpaired) electrons. The van der Waals surface area contributed by atoms with Crippen LogP contribution >= 0.6 is 11.6 Å². The van der Waals surface area contributed by atoms with Gasteiger partial charge in [0.1, 0.15) is 0 Å². The molecular weight excluding hydrogens is 124 g/mol. The summed E-state index contributed by atoms with van der Waals surface area (Å²) in [4.78, 5) is 10.5. The number of ketones is 1. The molecule has 0 saturated heterocycles. The van der Waals surface area contributed by atoms with Crippen LogP contribution in [0.2, 0.25) is 0 Å². The van der Waals surface area contributed by atoms with Gasteiger partial charge in [0.05, 0.1) is 5.38 Å². The van der Waals surface area contributed by atoms with Gasteiger partial charge in [0.15, 0.2) is 5.78 Å². The predicted molar refractivity (Wildman–Crippen MR) is 33.0 cm³/mol. The molecule has 1 unspecified atom stereocenters. The van der Waals surface area contributed by atoms with Crippen molar-refractivity contribution in [3.63, 3.8) is 0 Å². The fourth-order valence-corrected chi connectivity index (χ4v) is 0.853. The normalized spacial score (nSPS) is 28.6. The molecule has 0 N–H and O–H groups in total. The summed E-state index contributed by atoms with van der Waals surface area (Å²) >= 11 is 5.64. The average molecular weight is 131 g/mol. The lowest BCUT2D eigenvalue weighted by atomic mass is 10.1. The number of carbonyl (C=O) groups is 1. The molecular formula is C6H7ClO. The van der Waals surface area contributed by atoms with Gasteiger partial charge in [-0.3, -0.25) is 4.79 Å². The summed E-state index contributed by atoms with van der Waals surface area (Å²) < 4.78 is 0. The van der Waals surface area contributed by atoms with Gasteiger partial charge in [-0.1, -0.05) is 6.08 Å². The fraction of sp³-hybridized carbons (Fsp3) is 0.500. The lowest BCUT2D eigenvalue weighted by molar-refractivity contribution is -0.114. The monoisotopic (exact) mass is 130 g/mol. The number of alkyl halides is 1. The second-order valence-corrected chi connectivity index (χ2v) is 2.44. The molecule has 8 heavy (non-hydrogen) atoms. The van der Waals surface area contributed by atoms with Crippen LogP contribution in [-0.2, 0) is 4.79 Å². The summed E-state index contributed by atoms with van der Waals surface area (Å²) in [7, 11) is 0. The molecule has 0 bridgehead atoms. The van der Waals surface area contributed by atoms with Crippen molar-refractivity contribution in [2.45, 2.75) is 18.2 Å². The van der Waals surface area contributed by atoms with E-state index in [-0.39, 0.29) is 11.2 Å². The average Bonchev–Trinajstić information content (AvgIpc) is 1.77. The fourth-order valence-electron chi connectivity index (χ4n) is 0.671. The Labute approximate surface area is 53.3 Å². The first-order valence-electron chi connectivity index (χ1n) is 2.64. The zero-order chi connectivity index (χ0) is 5.98. The Balaban J connectivity index is 2.55. The summed E-state index contributed by atoms with van der Waals surface area (Å²) in [5, 5.41) is 0.0905. The molecule has 1 atom stereocenters. The van der Waals surface area contributed by atoms with Gasteiger partial charge in [0.2, 0.25) is 0 Å². The molecule has 0 heterocycles. The van der Waals surface area contributed by atoms with Crippen molar-refractivity contribution < 1.29 is 4.79 Å². The topological polar surface area (TPSA) is 17.1 Å². The molecule has 0 aromatic carbocycles. The quantitative estimate of drug-likeness (QED) is 0.455. The number of allylic oxidation sites excluding steroid dienone is 2. The van der Waals surface area contributed by atoms with Crippen LogP contribution < -0.4 is 0 Å². The number of halogens is 1. The van der Waals surface area contributed by atoms with Crippen LogP contribution in [0.15, 0.2) is 12.2 Å². The maximum absolute atomic E-state index is 10.5. The second-order valence-electron chi connectivity index (χ2n) is 1.88. The number of rotatable bonds is 0. The van der Waals surface area contributed by atoms with E-state index in [0.717, 1.165) is 6.42 Å². The Hall–Kier alpha value is -0.300. The highest BCUT2D eigenvalue weighted by atomic mass is 35.5. The minimum absolute atomic E-state index is 0.0905. The molecule has 0 aromatic rings. The minimum Gasteiger partial charge on any atom is -0.295 e. The van der Waals surface area contributed by atoms with Gasteiger partial charge < -0.3 is 0 Å². The van der Waals surface area contributed by atoms with E-state index in [1.54, 1.807) is 12.2 Å². The zero-order valence-corrected chi connectivity index (χ0v) is 5.19. The molecule has 0 saturated carbocycles. The van der Waals surface area contributed by atoms with Crippen LogP contribution in [0.25, 0.3) is 0 Å². The van der Waals surface area contributed by atoms with Crippen molar-refractivity contribution in [1.82, 2.24) is 0 Å². The van der Waals surface area contributed by atoms with E-state index >= 15 is 0 Å².